The van der Waals surface area contributed by atoms with E-state index in [1.54, 1.807) is 12.3 Å². The average Bonchev–Trinajstić information content (AvgIpc) is 3.58. The number of carbonyl (C=O) groups excluding carboxylic acids is 1. The van der Waals surface area contributed by atoms with Crippen molar-refractivity contribution in [3.05, 3.63) is 36.0 Å². The second-order valence-corrected chi connectivity index (χ2v) is 10.7. The highest BCUT2D eigenvalue weighted by Gasteiger charge is 2.27. The summed E-state index contributed by atoms with van der Waals surface area (Å²) < 4.78 is 23.0. The summed E-state index contributed by atoms with van der Waals surface area (Å²) >= 11 is 0. The molecule has 0 bridgehead atoms. The molecule has 12 heteroatoms. The molecule has 0 saturated carbocycles. The third-order valence-electron chi connectivity index (χ3n) is 8.04. The summed E-state index contributed by atoms with van der Waals surface area (Å²) in [5.74, 6) is 1.21. The summed E-state index contributed by atoms with van der Waals surface area (Å²) in [6, 6.07) is 5.06. The third-order valence-corrected chi connectivity index (χ3v) is 8.04. The lowest BCUT2D eigenvalue weighted by Crippen LogP contribution is -2.48. The van der Waals surface area contributed by atoms with Gasteiger partial charge in [0.05, 0.1) is 25.3 Å². The van der Waals surface area contributed by atoms with E-state index in [9.17, 15) is 4.79 Å². The molecule has 3 N–H and O–H groups in total. The van der Waals surface area contributed by atoms with Gasteiger partial charge in [0.15, 0.2) is 22.8 Å². The number of amides is 1. The Morgan fingerprint density at radius 1 is 1.07 bits per heavy atom. The van der Waals surface area contributed by atoms with Gasteiger partial charge in [0.1, 0.15) is 11.6 Å². The zero-order valence-corrected chi connectivity index (χ0v) is 23.1. The van der Waals surface area contributed by atoms with Crippen LogP contribution in [0.2, 0.25) is 0 Å². The lowest BCUT2D eigenvalue weighted by atomic mass is 10.1. The SMILES string of the molecule is CCn1c(CN2CCN(CC(C)C(N)=O)CC2)nc2c(N3CCOCC3)nc(-c3c(F)ccc4[nH]ccc34)nc21. The van der Waals surface area contributed by atoms with Gasteiger partial charge in [-0.25, -0.2) is 19.3 Å². The van der Waals surface area contributed by atoms with Gasteiger partial charge in [-0.05, 0) is 25.1 Å². The van der Waals surface area contributed by atoms with Crippen molar-refractivity contribution >= 4 is 33.8 Å². The Kier molecular flexibility index (Phi) is 7.39. The molecule has 212 valence electrons. The minimum absolute atomic E-state index is 0.163. The van der Waals surface area contributed by atoms with Crippen LogP contribution in [0.4, 0.5) is 10.2 Å². The van der Waals surface area contributed by atoms with Crippen molar-refractivity contribution < 1.29 is 13.9 Å². The molecule has 2 aliphatic rings. The normalized spacial score (nSPS) is 18.1. The molecule has 6 rings (SSSR count). The zero-order valence-electron chi connectivity index (χ0n) is 23.1. The van der Waals surface area contributed by atoms with E-state index in [2.05, 4.69) is 31.2 Å². The number of primary amides is 1. The van der Waals surface area contributed by atoms with E-state index in [0.717, 1.165) is 48.4 Å². The first-order chi connectivity index (χ1) is 19.4. The molecule has 1 aromatic carbocycles. The number of piperazine rings is 1. The van der Waals surface area contributed by atoms with Crippen LogP contribution in [0, 0.1) is 11.7 Å². The number of rotatable bonds is 8. The van der Waals surface area contributed by atoms with E-state index < -0.39 is 0 Å². The number of halogens is 1. The van der Waals surface area contributed by atoms with E-state index in [-0.39, 0.29) is 17.6 Å². The first-order valence-electron chi connectivity index (χ1n) is 14.0. The molecule has 2 fully saturated rings. The smallest absolute Gasteiger partial charge is 0.221 e. The fraction of sp³-hybridized carbons (Fsp3) is 0.500. The van der Waals surface area contributed by atoms with Gasteiger partial charge in [0.2, 0.25) is 5.91 Å². The Balaban J connectivity index is 1.36. The molecule has 40 heavy (non-hydrogen) atoms. The van der Waals surface area contributed by atoms with Gasteiger partial charge >= 0.3 is 0 Å². The first-order valence-corrected chi connectivity index (χ1v) is 14.0. The predicted molar refractivity (Wildman–Crippen MR) is 151 cm³/mol. The van der Waals surface area contributed by atoms with Crippen molar-refractivity contribution in [1.29, 1.82) is 0 Å². The minimum atomic E-state index is -0.356. The van der Waals surface area contributed by atoms with Crippen LogP contribution in [0.5, 0.6) is 0 Å². The van der Waals surface area contributed by atoms with Crippen LogP contribution in [0.3, 0.4) is 0 Å². The van der Waals surface area contributed by atoms with Crippen LogP contribution in [0.25, 0.3) is 33.5 Å². The number of aromatic nitrogens is 5. The zero-order chi connectivity index (χ0) is 27.8. The number of hydrogen-bond acceptors (Lipinski definition) is 8. The quantitative estimate of drug-likeness (QED) is 0.343. The number of nitrogens with one attached hydrogen (secondary N) is 1. The van der Waals surface area contributed by atoms with Crippen LogP contribution in [-0.4, -0.2) is 99.2 Å². The Hall–Kier alpha value is -3.61. The maximum Gasteiger partial charge on any atom is 0.221 e. The molecule has 3 aromatic heterocycles. The number of ether oxygens (including phenoxy) is 1. The molecule has 1 amide bonds. The standard InChI is InChI=1S/C28H36FN9O2/c1-3-38-22(17-36-10-8-35(9-11-36)16-18(2)25(30)39)32-24-27(37-12-14-40-15-13-37)33-26(34-28(24)38)23-19-6-7-31-21(19)5-4-20(23)29/h4-7,18,31H,3,8-17H2,1-2H3,(H2,30,39). The molecule has 2 aliphatic heterocycles. The largest absolute Gasteiger partial charge is 0.378 e. The van der Waals surface area contributed by atoms with Crippen LogP contribution >= 0.6 is 0 Å². The highest BCUT2D eigenvalue weighted by Crippen LogP contribution is 2.33. The summed E-state index contributed by atoms with van der Waals surface area (Å²) in [4.78, 5) is 36.5. The second kappa shape index (κ2) is 11.1. The Morgan fingerprint density at radius 3 is 2.55 bits per heavy atom. The fourth-order valence-corrected chi connectivity index (χ4v) is 5.73. The number of benzene rings is 1. The average molecular weight is 550 g/mol. The minimum Gasteiger partial charge on any atom is -0.378 e. The van der Waals surface area contributed by atoms with Crippen LogP contribution in [-0.2, 0) is 22.6 Å². The molecule has 5 heterocycles. The number of aryl methyl sites for hydroxylation is 1. The lowest BCUT2D eigenvalue weighted by molar-refractivity contribution is -0.122. The third kappa shape index (κ3) is 5.02. The molecule has 11 nitrogen and oxygen atoms in total. The highest BCUT2D eigenvalue weighted by molar-refractivity contribution is 5.95. The topological polar surface area (TPSA) is 121 Å². The number of anilines is 1. The van der Waals surface area contributed by atoms with E-state index >= 15 is 4.39 Å². The van der Waals surface area contributed by atoms with Gasteiger partial charge in [-0.15, -0.1) is 0 Å². The monoisotopic (exact) mass is 549 g/mol. The number of imidazole rings is 1. The van der Waals surface area contributed by atoms with Crippen LogP contribution < -0.4 is 10.6 Å². The van der Waals surface area contributed by atoms with Crippen LogP contribution in [0.15, 0.2) is 24.4 Å². The van der Waals surface area contributed by atoms with Crippen molar-refractivity contribution in [2.45, 2.75) is 26.9 Å². The van der Waals surface area contributed by atoms with Gasteiger partial charge in [0, 0.05) is 75.4 Å². The summed E-state index contributed by atoms with van der Waals surface area (Å²) in [6.07, 6.45) is 1.80. The number of carbonyl (C=O) groups is 1. The molecule has 4 aromatic rings. The summed E-state index contributed by atoms with van der Waals surface area (Å²) in [5, 5.41) is 0.749. The van der Waals surface area contributed by atoms with Gasteiger partial charge in [-0.3, -0.25) is 9.69 Å². The molecular weight excluding hydrogens is 513 g/mol. The van der Waals surface area contributed by atoms with E-state index in [0.29, 0.717) is 68.8 Å². The maximum absolute atomic E-state index is 15.3. The molecule has 1 atom stereocenters. The number of morpholine rings is 1. The fourth-order valence-electron chi connectivity index (χ4n) is 5.73. The lowest BCUT2D eigenvalue weighted by Gasteiger charge is -2.35. The number of hydrogen-bond donors (Lipinski definition) is 2. The molecule has 0 spiro atoms. The van der Waals surface area contributed by atoms with E-state index in [4.69, 9.17) is 25.4 Å². The number of nitrogens with two attached hydrogens (primary N) is 1. The van der Waals surface area contributed by atoms with Crippen molar-refractivity contribution in [2.75, 3.05) is 63.9 Å². The Labute approximate surface area is 232 Å². The summed E-state index contributed by atoms with van der Waals surface area (Å²) in [5.41, 5.74) is 8.14. The maximum atomic E-state index is 15.3. The molecule has 2 saturated heterocycles. The summed E-state index contributed by atoms with van der Waals surface area (Å²) in [7, 11) is 0. The number of aromatic amines is 1. The Morgan fingerprint density at radius 2 is 1.82 bits per heavy atom. The molecule has 1 unspecified atom stereocenters. The Bertz CT molecular complexity index is 1520. The van der Waals surface area contributed by atoms with E-state index in [1.165, 1.54) is 6.07 Å². The van der Waals surface area contributed by atoms with Crippen LogP contribution in [0.1, 0.15) is 19.7 Å². The first kappa shape index (κ1) is 26.6. The second-order valence-electron chi connectivity index (χ2n) is 10.7. The van der Waals surface area contributed by atoms with Gasteiger partial charge in [-0.2, -0.15) is 0 Å². The summed E-state index contributed by atoms with van der Waals surface area (Å²) in [6.45, 7) is 12.0. The number of H-pyrrole nitrogens is 1. The molecule has 0 aliphatic carbocycles. The van der Waals surface area contributed by atoms with Crippen molar-refractivity contribution in [1.82, 2.24) is 34.3 Å². The predicted octanol–water partition coefficient (Wildman–Crippen LogP) is 2.21. The van der Waals surface area contributed by atoms with Gasteiger partial charge < -0.3 is 29.8 Å². The van der Waals surface area contributed by atoms with E-state index in [1.807, 2.05) is 13.0 Å². The van der Waals surface area contributed by atoms with Crippen molar-refractivity contribution in [2.24, 2.45) is 11.7 Å². The van der Waals surface area contributed by atoms with Crippen molar-refractivity contribution in [3.8, 4) is 11.4 Å². The van der Waals surface area contributed by atoms with Gasteiger partial charge in [-0.1, -0.05) is 6.92 Å². The van der Waals surface area contributed by atoms with Crippen molar-refractivity contribution in [3.63, 3.8) is 0 Å². The number of nitrogens with zero attached hydrogens (tertiary/aromatic N) is 7. The molecular formula is C28H36FN9O2. The molecule has 0 radical (unpaired) electrons. The number of fused-ring (bicyclic) bond motifs is 2. The van der Waals surface area contributed by atoms with Gasteiger partial charge in [0.25, 0.3) is 0 Å². The highest BCUT2D eigenvalue weighted by atomic mass is 19.1.